The van der Waals surface area contributed by atoms with Crippen molar-refractivity contribution in [3.8, 4) is 0 Å². The van der Waals surface area contributed by atoms with Crippen LogP contribution in [0.4, 0.5) is 0 Å². The maximum absolute atomic E-state index is 12.0. The Bertz CT molecular complexity index is 501. The molecule has 3 rings (SSSR count). The van der Waals surface area contributed by atoms with Gasteiger partial charge in [-0.15, -0.1) is 11.3 Å². The van der Waals surface area contributed by atoms with Gasteiger partial charge >= 0.3 is 0 Å². The van der Waals surface area contributed by atoms with E-state index >= 15 is 0 Å². The molecule has 0 bridgehead atoms. The SMILES string of the molecule is O=C(c1ccco1)N1CCc2sccc2C1. The maximum Gasteiger partial charge on any atom is 0.289 e. The van der Waals surface area contributed by atoms with Crippen LogP contribution in [-0.4, -0.2) is 17.4 Å². The van der Waals surface area contributed by atoms with Crippen LogP contribution in [0.3, 0.4) is 0 Å². The Morgan fingerprint density at radius 3 is 3.19 bits per heavy atom. The van der Waals surface area contributed by atoms with Crippen molar-refractivity contribution in [2.45, 2.75) is 13.0 Å². The third-order valence-electron chi connectivity index (χ3n) is 2.83. The number of furan rings is 1. The molecule has 16 heavy (non-hydrogen) atoms. The molecule has 1 aliphatic heterocycles. The van der Waals surface area contributed by atoms with Crippen LogP contribution in [0.2, 0.25) is 0 Å². The smallest absolute Gasteiger partial charge is 0.289 e. The standard InChI is InChI=1S/C12H11NO2S/c14-12(10-2-1-6-15-10)13-5-3-11-9(8-13)4-7-16-11/h1-2,4,6-7H,3,5,8H2. The fourth-order valence-electron chi connectivity index (χ4n) is 1.98. The van der Waals surface area contributed by atoms with Gasteiger partial charge in [0, 0.05) is 18.0 Å². The minimum Gasteiger partial charge on any atom is -0.459 e. The highest BCUT2D eigenvalue weighted by atomic mass is 32.1. The topological polar surface area (TPSA) is 33.5 Å². The van der Waals surface area contributed by atoms with Crippen LogP contribution in [0.15, 0.2) is 34.3 Å². The average molecular weight is 233 g/mol. The number of hydrogen-bond acceptors (Lipinski definition) is 3. The lowest BCUT2D eigenvalue weighted by Gasteiger charge is -2.26. The second-order valence-electron chi connectivity index (χ2n) is 3.82. The first-order valence-corrected chi connectivity index (χ1v) is 6.10. The summed E-state index contributed by atoms with van der Waals surface area (Å²) in [5.41, 5.74) is 1.27. The molecular formula is C12H11NO2S. The fourth-order valence-corrected chi connectivity index (χ4v) is 2.87. The number of amides is 1. The zero-order valence-corrected chi connectivity index (χ0v) is 9.50. The van der Waals surface area contributed by atoms with Gasteiger partial charge in [0.25, 0.3) is 5.91 Å². The zero-order chi connectivity index (χ0) is 11.0. The predicted octanol–water partition coefficient (Wildman–Crippen LogP) is 2.54. The van der Waals surface area contributed by atoms with E-state index in [0.29, 0.717) is 12.3 Å². The van der Waals surface area contributed by atoms with Gasteiger partial charge in [-0.25, -0.2) is 0 Å². The lowest BCUT2D eigenvalue weighted by Crippen LogP contribution is -2.35. The van der Waals surface area contributed by atoms with Crippen molar-refractivity contribution >= 4 is 17.2 Å². The predicted molar refractivity (Wildman–Crippen MR) is 61.5 cm³/mol. The molecule has 3 heterocycles. The molecule has 1 amide bonds. The minimum absolute atomic E-state index is 0.0122. The first kappa shape index (κ1) is 9.66. The molecule has 0 atom stereocenters. The third-order valence-corrected chi connectivity index (χ3v) is 3.85. The molecule has 4 heteroatoms. The summed E-state index contributed by atoms with van der Waals surface area (Å²) in [6.45, 7) is 1.49. The van der Waals surface area contributed by atoms with Gasteiger partial charge in [-0.3, -0.25) is 4.79 Å². The maximum atomic E-state index is 12.0. The number of rotatable bonds is 1. The lowest BCUT2D eigenvalue weighted by atomic mass is 10.1. The molecule has 0 aliphatic carbocycles. The molecule has 0 fully saturated rings. The van der Waals surface area contributed by atoms with E-state index in [4.69, 9.17) is 4.42 Å². The summed E-state index contributed by atoms with van der Waals surface area (Å²) in [6.07, 6.45) is 2.49. The van der Waals surface area contributed by atoms with Gasteiger partial charge in [0.05, 0.1) is 6.26 Å². The first-order chi connectivity index (χ1) is 7.84. The monoisotopic (exact) mass is 233 g/mol. The van der Waals surface area contributed by atoms with Crippen LogP contribution in [0.5, 0.6) is 0 Å². The van der Waals surface area contributed by atoms with E-state index in [1.54, 1.807) is 23.5 Å². The molecule has 0 saturated carbocycles. The van der Waals surface area contributed by atoms with E-state index in [1.807, 2.05) is 4.90 Å². The summed E-state index contributed by atoms with van der Waals surface area (Å²) < 4.78 is 5.13. The molecular weight excluding hydrogens is 222 g/mol. The molecule has 82 valence electrons. The second kappa shape index (κ2) is 3.79. The van der Waals surface area contributed by atoms with Crippen molar-refractivity contribution < 1.29 is 9.21 Å². The Labute approximate surface area is 97.3 Å². The minimum atomic E-state index is -0.0122. The molecule has 1 aliphatic rings. The number of carbonyl (C=O) groups excluding carboxylic acids is 1. The zero-order valence-electron chi connectivity index (χ0n) is 8.68. The van der Waals surface area contributed by atoms with Crippen LogP contribution < -0.4 is 0 Å². The summed E-state index contributed by atoms with van der Waals surface area (Å²) in [7, 11) is 0. The summed E-state index contributed by atoms with van der Waals surface area (Å²) in [4.78, 5) is 15.3. The number of carbonyl (C=O) groups is 1. The molecule has 0 radical (unpaired) electrons. The highest BCUT2D eigenvalue weighted by Gasteiger charge is 2.23. The number of nitrogens with zero attached hydrogens (tertiary/aromatic N) is 1. The molecule has 3 nitrogen and oxygen atoms in total. The molecule has 0 unspecified atom stereocenters. The van der Waals surface area contributed by atoms with Crippen molar-refractivity contribution in [1.82, 2.24) is 4.90 Å². The average Bonchev–Trinajstić information content (AvgIpc) is 2.98. The van der Waals surface area contributed by atoms with Crippen molar-refractivity contribution in [1.29, 1.82) is 0 Å². The largest absolute Gasteiger partial charge is 0.459 e. The Morgan fingerprint density at radius 1 is 1.44 bits per heavy atom. The van der Waals surface area contributed by atoms with E-state index in [2.05, 4.69) is 11.4 Å². The Kier molecular flexibility index (Phi) is 2.29. The van der Waals surface area contributed by atoms with E-state index in [-0.39, 0.29) is 5.91 Å². The van der Waals surface area contributed by atoms with Crippen LogP contribution in [0, 0.1) is 0 Å². The van der Waals surface area contributed by atoms with Gasteiger partial charge in [-0.2, -0.15) is 0 Å². The molecule has 0 N–H and O–H groups in total. The molecule has 2 aromatic rings. The van der Waals surface area contributed by atoms with E-state index < -0.39 is 0 Å². The van der Waals surface area contributed by atoms with Crippen LogP contribution in [0.25, 0.3) is 0 Å². The Morgan fingerprint density at radius 2 is 2.38 bits per heavy atom. The quantitative estimate of drug-likeness (QED) is 0.758. The van der Waals surface area contributed by atoms with Gasteiger partial charge in [0.15, 0.2) is 5.76 Å². The van der Waals surface area contributed by atoms with Gasteiger partial charge < -0.3 is 9.32 Å². The van der Waals surface area contributed by atoms with Gasteiger partial charge in [-0.05, 0) is 35.6 Å². The Hall–Kier alpha value is -1.55. The highest BCUT2D eigenvalue weighted by molar-refractivity contribution is 7.10. The summed E-state index contributed by atoms with van der Waals surface area (Å²) >= 11 is 1.78. The molecule has 0 aromatic carbocycles. The fraction of sp³-hybridized carbons (Fsp3) is 0.250. The van der Waals surface area contributed by atoms with Gasteiger partial charge in [0.2, 0.25) is 0 Å². The second-order valence-corrected chi connectivity index (χ2v) is 4.82. The molecule has 0 saturated heterocycles. The summed E-state index contributed by atoms with van der Waals surface area (Å²) in [5, 5.41) is 2.09. The number of hydrogen-bond donors (Lipinski definition) is 0. The van der Waals surface area contributed by atoms with Crippen molar-refractivity contribution in [2.24, 2.45) is 0 Å². The number of fused-ring (bicyclic) bond motifs is 1. The third kappa shape index (κ3) is 1.55. The summed E-state index contributed by atoms with van der Waals surface area (Å²) in [6, 6.07) is 5.56. The van der Waals surface area contributed by atoms with E-state index in [9.17, 15) is 4.79 Å². The Balaban J connectivity index is 1.81. The van der Waals surface area contributed by atoms with Crippen LogP contribution in [0.1, 0.15) is 21.0 Å². The van der Waals surface area contributed by atoms with E-state index in [0.717, 1.165) is 13.0 Å². The molecule has 2 aromatic heterocycles. The van der Waals surface area contributed by atoms with E-state index in [1.165, 1.54) is 16.7 Å². The van der Waals surface area contributed by atoms with Crippen molar-refractivity contribution in [3.63, 3.8) is 0 Å². The first-order valence-electron chi connectivity index (χ1n) is 5.22. The normalized spacial score (nSPS) is 14.9. The summed E-state index contributed by atoms with van der Waals surface area (Å²) in [5.74, 6) is 0.417. The lowest BCUT2D eigenvalue weighted by molar-refractivity contribution is 0.0703. The van der Waals surface area contributed by atoms with Crippen molar-refractivity contribution in [2.75, 3.05) is 6.54 Å². The van der Waals surface area contributed by atoms with Crippen LogP contribution >= 0.6 is 11.3 Å². The highest BCUT2D eigenvalue weighted by Crippen LogP contribution is 2.24. The van der Waals surface area contributed by atoms with Gasteiger partial charge in [-0.1, -0.05) is 0 Å². The molecule has 0 spiro atoms. The van der Waals surface area contributed by atoms with Gasteiger partial charge in [0.1, 0.15) is 0 Å². The van der Waals surface area contributed by atoms with Crippen molar-refractivity contribution in [3.05, 3.63) is 46.0 Å². The van der Waals surface area contributed by atoms with Crippen LogP contribution in [-0.2, 0) is 13.0 Å². The number of thiophene rings is 1.